The summed E-state index contributed by atoms with van der Waals surface area (Å²) in [4.78, 5) is 12.5. The first-order valence-corrected chi connectivity index (χ1v) is 6.60. The molecule has 1 aromatic heterocycles. The standard InChI is InChI=1S/C8H9IN4S/c9-4-6-5-12-8(14-6)13-7-10-2-1-3-11-7/h1-3,6H,4-5H2,(H,10,11,12,13). The fraction of sp³-hybridized carbons (Fsp3) is 0.375. The van der Waals surface area contributed by atoms with Crippen molar-refractivity contribution in [3.05, 3.63) is 18.5 Å². The van der Waals surface area contributed by atoms with Crippen LogP contribution in [0.4, 0.5) is 5.95 Å². The fourth-order valence-corrected chi connectivity index (χ4v) is 2.67. The van der Waals surface area contributed by atoms with E-state index in [0.29, 0.717) is 11.2 Å². The van der Waals surface area contributed by atoms with Gasteiger partial charge in [-0.2, -0.15) is 0 Å². The van der Waals surface area contributed by atoms with E-state index in [4.69, 9.17) is 0 Å². The van der Waals surface area contributed by atoms with Crippen molar-refractivity contribution in [2.75, 3.05) is 16.3 Å². The molecular formula is C8H9IN4S. The number of rotatable bonds is 2. The van der Waals surface area contributed by atoms with Gasteiger partial charge in [0.2, 0.25) is 5.95 Å². The molecule has 2 heterocycles. The number of aromatic nitrogens is 2. The van der Waals surface area contributed by atoms with Crippen LogP contribution in [0.3, 0.4) is 0 Å². The molecule has 1 atom stereocenters. The van der Waals surface area contributed by atoms with Gasteiger partial charge in [0, 0.05) is 22.1 Å². The maximum Gasteiger partial charge on any atom is 0.228 e. The Labute approximate surface area is 100 Å². The largest absolute Gasteiger partial charge is 0.304 e. The number of halogens is 1. The van der Waals surface area contributed by atoms with Crippen molar-refractivity contribution in [2.45, 2.75) is 5.25 Å². The molecule has 1 aromatic rings. The van der Waals surface area contributed by atoms with Gasteiger partial charge < -0.3 is 5.32 Å². The minimum absolute atomic E-state index is 0.599. The Morgan fingerprint density at radius 3 is 2.93 bits per heavy atom. The first-order valence-electron chi connectivity index (χ1n) is 4.19. The van der Waals surface area contributed by atoms with Crippen molar-refractivity contribution < 1.29 is 0 Å². The molecule has 0 radical (unpaired) electrons. The van der Waals surface area contributed by atoms with Crippen LogP contribution in [-0.2, 0) is 0 Å². The topological polar surface area (TPSA) is 50.2 Å². The number of aliphatic imine (C=N–C) groups is 1. The summed E-state index contributed by atoms with van der Waals surface area (Å²) in [6, 6.07) is 1.79. The Kier molecular flexibility index (Phi) is 3.57. The summed E-state index contributed by atoms with van der Waals surface area (Å²) < 4.78 is 1.12. The van der Waals surface area contributed by atoms with Gasteiger partial charge in [-0.1, -0.05) is 34.4 Å². The smallest absolute Gasteiger partial charge is 0.228 e. The lowest BCUT2D eigenvalue weighted by Gasteiger charge is -2.03. The monoisotopic (exact) mass is 320 g/mol. The summed E-state index contributed by atoms with van der Waals surface area (Å²) in [6.07, 6.45) is 3.43. The number of hydrogen-bond acceptors (Lipinski definition) is 5. The molecule has 0 spiro atoms. The van der Waals surface area contributed by atoms with Gasteiger partial charge in [-0.25, -0.2) is 9.97 Å². The molecule has 2 rings (SSSR count). The average molecular weight is 320 g/mol. The highest BCUT2D eigenvalue weighted by molar-refractivity contribution is 14.1. The number of nitrogens with one attached hydrogen (secondary N) is 1. The molecule has 4 nitrogen and oxygen atoms in total. The highest BCUT2D eigenvalue weighted by Crippen LogP contribution is 2.22. The zero-order valence-electron chi connectivity index (χ0n) is 7.35. The van der Waals surface area contributed by atoms with Crippen LogP contribution in [0.25, 0.3) is 0 Å². The average Bonchev–Trinajstić information content (AvgIpc) is 2.67. The first-order chi connectivity index (χ1) is 6.88. The molecule has 0 amide bonds. The van der Waals surface area contributed by atoms with Gasteiger partial charge in [0.25, 0.3) is 0 Å². The van der Waals surface area contributed by atoms with Crippen molar-refractivity contribution >= 4 is 45.5 Å². The lowest BCUT2D eigenvalue weighted by atomic mass is 10.5. The molecule has 14 heavy (non-hydrogen) atoms. The lowest BCUT2D eigenvalue weighted by molar-refractivity contribution is 0.998. The Hall–Kier alpha value is -0.370. The summed E-state index contributed by atoms with van der Waals surface area (Å²) in [6.45, 7) is 0.892. The number of amidine groups is 1. The van der Waals surface area contributed by atoms with Gasteiger partial charge >= 0.3 is 0 Å². The third kappa shape index (κ3) is 2.57. The summed E-state index contributed by atoms with van der Waals surface area (Å²) in [5.74, 6) is 0.618. The highest BCUT2D eigenvalue weighted by Gasteiger charge is 2.18. The molecule has 0 fully saturated rings. The van der Waals surface area contributed by atoms with Gasteiger partial charge in [-0.3, -0.25) is 4.99 Å². The number of hydrogen-bond donors (Lipinski definition) is 1. The van der Waals surface area contributed by atoms with E-state index in [-0.39, 0.29) is 0 Å². The van der Waals surface area contributed by atoms with Crippen molar-refractivity contribution in [1.82, 2.24) is 9.97 Å². The van der Waals surface area contributed by atoms with Crippen LogP contribution in [0.1, 0.15) is 0 Å². The quantitative estimate of drug-likeness (QED) is 0.667. The van der Waals surface area contributed by atoms with Gasteiger partial charge in [-0.05, 0) is 6.07 Å². The third-order valence-electron chi connectivity index (χ3n) is 1.67. The minimum atomic E-state index is 0.599. The molecular weight excluding hydrogens is 311 g/mol. The number of alkyl halides is 1. The van der Waals surface area contributed by atoms with Gasteiger partial charge in [0.1, 0.15) is 0 Å². The van der Waals surface area contributed by atoms with Crippen LogP contribution in [0.15, 0.2) is 23.5 Å². The number of anilines is 1. The van der Waals surface area contributed by atoms with Gasteiger partial charge in [0.15, 0.2) is 5.17 Å². The van der Waals surface area contributed by atoms with Gasteiger partial charge in [0.05, 0.1) is 6.54 Å². The van der Waals surface area contributed by atoms with Gasteiger partial charge in [-0.15, -0.1) is 0 Å². The molecule has 1 aliphatic heterocycles. The molecule has 74 valence electrons. The molecule has 1 aliphatic rings. The van der Waals surface area contributed by atoms with E-state index in [1.807, 2.05) is 0 Å². The second-order valence-corrected chi connectivity index (χ2v) is 4.91. The summed E-state index contributed by atoms with van der Waals surface area (Å²) in [5, 5.41) is 4.62. The molecule has 0 bridgehead atoms. The molecule has 0 saturated heterocycles. The summed E-state index contributed by atoms with van der Waals surface area (Å²) in [7, 11) is 0. The molecule has 0 aliphatic carbocycles. The van der Waals surface area contributed by atoms with E-state index in [2.05, 4.69) is 42.9 Å². The number of nitrogens with zero attached hydrogens (tertiary/aromatic N) is 3. The van der Waals surface area contributed by atoms with Crippen LogP contribution < -0.4 is 5.32 Å². The molecule has 1 N–H and O–H groups in total. The van der Waals surface area contributed by atoms with Crippen LogP contribution in [0.5, 0.6) is 0 Å². The third-order valence-corrected chi connectivity index (χ3v) is 4.44. The maximum atomic E-state index is 4.37. The summed E-state index contributed by atoms with van der Waals surface area (Å²) in [5.41, 5.74) is 0. The minimum Gasteiger partial charge on any atom is -0.304 e. The highest BCUT2D eigenvalue weighted by atomic mass is 127. The summed E-state index contributed by atoms with van der Waals surface area (Å²) >= 11 is 4.13. The Balaban J connectivity index is 1.94. The van der Waals surface area contributed by atoms with Crippen LogP contribution in [0, 0.1) is 0 Å². The SMILES string of the molecule is ICC1CN=C(Nc2ncccn2)S1. The van der Waals surface area contributed by atoms with Crippen LogP contribution in [0.2, 0.25) is 0 Å². The predicted octanol–water partition coefficient (Wildman–Crippen LogP) is 1.79. The Bertz CT molecular complexity index is 329. The van der Waals surface area contributed by atoms with E-state index >= 15 is 0 Å². The Morgan fingerprint density at radius 1 is 1.50 bits per heavy atom. The van der Waals surface area contributed by atoms with Crippen molar-refractivity contribution in [2.24, 2.45) is 4.99 Å². The van der Waals surface area contributed by atoms with E-state index in [9.17, 15) is 0 Å². The van der Waals surface area contributed by atoms with E-state index in [0.717, 1.165) is 16.1 Å². The fourth-order valence-electron chi connectivity index (χ4n) is 1.03. The van der Waals surface area contributed by atoms with E-state index < -0.39 is 0 Å². The van der Waals surface area contributed by atoms with Crippen molar-refractivity contribution in [3.63, 3.8) is 0 Å². The van der Waals surface area contributed by atoms with Crippen molar-refractivity contribution in [1.29, 1.82) is 0 Å². The van der Waals surface area contributed by atoms with E-state index in [1.165, 1.54) is 0 Å². The van der Waals surface area contributed by atoms with Crippen LogP contribution in [-0.4, -0.2) is 31.4 Å². The normalized spacial score (nSPS) is 20.6. The molecule has 6 heteroatoms. The zero-order chi connectivity index (χ0) is 9.80. The van der Waals surface area contributed by atoms with Crippen molar-refractivity contribution in [3.8, 4) is 0 Å². The molecule has 1 unspecified atom stereocenters. The van der Waals surface area contributed by atoms with Crippen LogP contribution >= 0.6 is 34.4 Å². The Morgan fingerprint density at radius 2 is 2.29 bits per heavy atom. The predicted molar refractivity (Wildman–Crippen MR) is 68.2 cm³/mol. The lowest BCUT2D eigenvalue weighted by Crippen LogP contribution is -2.10. The molecule has 0 aromatic carbocycles. The number of thioether (sulfide) groups is 1. The second-order valence-electron chi connectivity index (χ2n) is 2.74. The maximum absolute atomic E-state index is 4.37. The molecule has 0 saturated carbocycles. The van der Waals surface area contributed by atoms with E-state index in [1.54, 1.807) is 30.2 Å². The first kappa shape index (κ1) is 10.2. The zero-order valence-corrected chi connectivity index (χ0v) is 10.3. The second kappa shape index (κ2) is 4.92.